The quantitative estimate of drug-likeness (QED) is 0.589. The topological polar surface area (TPSA) is 61.9 Å². The minimum atomic E-state index is -5.23. The highest BCUT2D eigenvalue weighted by Crippen LogP contribution is 2.39. The van der Waals surface area contributed by atoms with Crippen LogP contribution in [-0.4, -0.2) is 35.3 Å². The summed E-state index contributed by atoms with van der Waals surface area (Å²) in [5.74, 6) is -2.95. The van der Waals surface area contributed by atoms with Gasteiger partial charge in [0.25, 0.3) is 5.91 Å². The highest BCUT2D eigenvalue weighted by atomic mass is 19.4. The fourth-order valence-electron chi connectivity index (χ4n) is 2.85. The zero-order valence-electron chi connectivity index (χ0n) is 15.0. The van der Waals surface area contributed by atoms with Crippen molar-refractivity contribution >= 4 is 23.0 Å². The third-order valence-corrected chi connectivity index (χ3v) is 4.09. The Morgan fingerprint density at radius 1 is 0.933 bits per heavy atom. The Labute approximate surface area is 166 Å². The fourth-order valence-corrected chi connectivity index (χ4v) is 2.85. The first-order valence-electron chi connectivity index (χ1n) is 8.42. The number of primary amides is 1. The highest BCUT2D eigenvalue weighted by molar-refractivity contribution is 6.19. The van der Waals surface area contributed by atoms with Crippen molar-refractivity contribution in [2.24, 2.45) is 10.7 Å². The molecule has 1 heterocycles. The SMILES string of the molecule is NC(=O)/C(=C/N1C(C(F)(F)F)=NC(C(F)(F)F)N1c1ccccc1)c1ccccc1. The average molecular weight is 428 g/mol. The maximum atomic E-state index is 13.6. The number of carbonyl (C=O) groups is 1. The molecule has 0 saturated carbocycles. The van der Waals surface area contributed by atoms with Crippen LogP contribution in [0.4, 0.5) is 32.0 Å². The zero-order chi connectivity index (χ0) is 22.1. The molecule has 1 atom stereocenters. The van der Waals surface area contributed by atoms with Gasteiger partial charge in [0.1, 0.15) is 0 Å². The Bertz CT molecular complexity index is 970. The van der Waals surface area contributed by atoms with Crippen LogP contribution in [0.15, 0.2) is 71.9 Å². The van der Waals surface area contributed by atoms with E-state index in [4.69, 9.17) is 5.73 Å². The Balaban J connectivity index is 2.23. The predicted molar refractivity (Wildman–Crippen MR) is 97.7 cm³/mol. The van der Waals surface area contributed by atoms with Crippen LogP contribution >= 0.6 is 0 Å². The van der Waals surface area contributed by atoms with E-state index in [0.717, 1.165) is 0 Å². The van der Waals surface area contributed by atoms with Crippen molar-refractivity contribution in [2.45, 2.75) is 18.5 Å². The molecule has 158 valence electrons. The van der Waals surface area contributed by atoms with Crippen molar-refractivity contribution in [3.05, 3.63) is 72.4 Å². The van der Waals surface area contributed by atoms with Crippen LogP contribution in [0.3, 0.4) is 0 Å². The van der Waals surface area contributed by atoms with E-state index in [9.17, 15) is 31.1 Å². The van der Waals surface area contributed by atoms with Crippen molar-refractivity contribution < 1.29 is 31.1 Å². The summed E-state index contributed by atoms with van der Waals surface area (Å²) < 4.78 is 81.6. The first-order valence-corrected chi connectivity index (χ1v) is 8.42. The maximum absolute atomic E-state index is 13.6. The van der Waals surface area contributed by atoms with E-state index in [2.05, 4.69) is 4.99 Å². The van der Waals surface area contributed by atoms with Crippen LogP contribution in [0.25, 0.3) is 5.57 Å². The second-order valence-corrected chi connectivity index (χ2v) is 6.16. The molecule has 30 heavy (non-hydrogen) atoms. The number of amidine groups is 1. The van der Waals surface area contributed by atoms with Crippen LogP contribution in [0.2, 0.25) is 0 Å². The molecule has 3 rings (SSSR count). The van der Waals surface area contributed by atoms with E-state index in [1.54, 1.807) is 6.07 Å². The van der Waals surface area contributed by atoms with Gasteiger partial charge in [-0.3, -0.25) is 4.79 Å². The monoisotopic (exact) mass is 428 g/mol. The third kappa shape index (κ3) is 4.24. The Hall–Kier alpha value is -3.50. The van der Waals surface area contributed by atoms with E-state index in [0.29, 0.717) is 11.2 Å². The lowest BCUT2D eigenvalue weighted by Crippen LogP contribution is -2.50. The minimum Gasteiger partial charge on any atom is -0.366 e. The largest absolute Gasteiger partial charge is 0.451 e. The highest BCUT2D eigenvalue weighted by Gasteiger charge is 2.56. The molecule has 11 heteroatoms. The smallest absolute Gasteiger partial charge is 0.366 e. The van der Waals surface area contributed by atoms with E-state index in [-0.39, 0.29) is 16.3 Å². The number of carbonyl (C=O) groups excluding carboxylic acids is 1. The number of benzene rings is 2. The van der Waals surface area contributed by atoms with Gasteiger partial charge in [-0.1, -0.05) is 48.5 Å². The number of nitrogens with zero attached hydrogens (tertiary/aromatic N) is 3. The zero-order valence-corrected chi connectivity index (χ0v) is 15.0. The Morgan fingerprint density at radius 2 is 1.47 bits per heavy atom. The molecule has 1 unspecified atom stereocenters. The maximum Gasteiger partial charge on any atom is 0.451 e. The first kappa shape index (κ1) is 21.2. The molecule has 0 saturated heterocycles. The van der Waals surface area contributed by atoms with Crippen molar-refractivity contribution in [3.63, 3.8) is 0 Å². The lowest BCUT2D eigenvalue weighted by Gasteiger charge is -2.34. The minimum absolute atomic E-state index is 0.134. The molecule has 0 fully saturated rings. The van der Waals surface area contributed by atoms with Gasteiger partial charge >= 0.3 is 12.4 Å². The van der Waals surface area contributed by atoms with Gasteiger partial charge in [0.15, 0.2) is 0 Å². The van der Waals surface area contributed by atoms with Gasteiger partial charge in [-0.25, -0.2) is 15.0 Å². The number of nitrogens with two attached hydrogens (primary N) is 1. The molecule has 2 aromatic rings. The van der Waals surface area contributed by atoms with Gasteiger partial charge in [-0.15, -0.1) is 0 Å². The fraction of sp³-hybridized carbons (Fsp3) is 0.158. The van der Waals surface area contributed by atoms with E-state index in [1.165, 1.54) is 54.6 Å². The summed E-state index contributed by atoms with van der Waals surface area (Å²) in [4.78, 5) is 14.8. The van der Waals surface area contributed by atoms with Crippen LogP contribution in [0, 0.1) is 0 Å². The number of para-hydroxylation sites is 1. The number of aliphatic imine (C=N–C) groups is 1. The van der Waals surface area contributed by atoms with Crippen molar-refractivity contribution in [1.29, 1.82) is 0 Å². The third-order valence-electron chi connectivity index (χ3n) is 4.09. The lowest BCUT2D eigenvalue weighted by molar-refractivity contribution is -0.148. The summed E-state index contributed by atoms with van der Waals surface area (Å²) in [5, 5.41) is 0.481. The number of rotatable bonds is 4. The number of amides is 1. The number of hydrogen-bond donors (Lipinski definition) is 1. The molecule has 0 aromatic heterocycles. The Kier molecular flexibility index (Phi) is 5.47. The number of alkyl halides is 6. The molecule has 1 amide bonds. The molecule has 0 bridgehead atoms. The molecule has 2 aromatic carbocycles. The lowest BCUT2D eigenvalue weighted by atomic mass is 10.1. The summed E-state index contributed by atoms with van der Waals surface area (Å²) in [6.45, 7) is 0. The average Bonchev–Trinajstić information content (AvgIpc) is 3.07. The summed E-state index contributed by atoms with van der Waals surface area (Å²) in [6.07, 6.45) is -12.6. The molecule has 0 radical (unpaired) electrons. The van der Waals surface area contributed by atoms with Crippen molar-refractivity contribution in [3.8, 4) is 0 Å². The summed E-state index contributed by atoms with van der Waals surface area (Å²) in [6, 6.07) is 14.0. The number of anilines is 1. The molecule has 0 aliphatic carbocycles. The second kappa shape index (κ2) is 7.73. The number of hydrogen-bond acceptors (Lipinski definition) is 4. The summed E-state index contributed by atoms with van der Waals surface area (Å²) in [7, 11) is 0. The second-order valence-electron chi connectivity index (χ2n) is 6.16. The van der Waals surface area contributed by atoms with Gasteiger partial charge in [0, 0.05) is 6.20 Å². The van der Waals surface area contributed by atoms with E-state index < -0.39 is 35.8 Å². The predicted octanol–water partition coefficient (Wildman–Crippen LogP) is 4.10. The molecule has 1 aliphatic rings. The first-order chi connectivity index (χ1) is 14.0. The molecular formula is C19H14F6N4O. The molecular weight excluding hydrogens is 414 g/mol. The van der Waals surface area contributed by atoms with Crippen LogP contribution in [0.1, 0.15) is 5.56 Å². The molecule has 2 N–H and O–H groups in total. The van der Waals surface area contributed by atoms with E-state index in [1.807, 2.05) is 0 Å². The number of hydrazine groups is 1. The normalized spacial score (nSPS) is 17.9. The molecule has 0 spiro atoms. The van der Waals surface area contributed by atoms with Gasteiger partial charge in [0.2, 0.25) is 12.0 Å². The Morgan fingerprint density at radius 3 is 1.93 bits per heavy atom. The standard InChI is InChI=1S/C19H14F6N4O/c20-18(21,22)16-27-17(19(23,24)25)29(13-9-5-2-6-10-13)28(16)11-14(15(26)30)12-7-3-1-4-8-12/h1-11,17H,(H2,26,30)/b14-11+. The molecule has 5 nitrogen and oxygen atoms in total. The summed E-state index contributed by atoms with van der Waals surface area (Å²) in [5.41, 5.74) is 4.81. The van der Waals surface area contributed by atoms with Crippen LogP contribution in [0.5, 0.6) is 0 Å². The van der Waals surface area contributed by atoms with E-state index >= 15 is 0 Å². The van der Waals surface area contributed by atoms with Crippen molar-refractivity contribution in [2.75, 3.05) is 5.01 Å². The van der Waals surface area contributed by atoms with Gasteiger partial charge < -0.3 is 5.73 Å². The van der Waals surface area contributed by atoms with Gasteiger partial charge in [-0.05, 0) is 17.7 Å². The van der Waals surface area contributed by atoms with Gasteiger partial charge in [-0.2, -0.15) is 26.3 Å². The van der Waals surface area contributed by atoms with Crippen molar-refractivity contribution in [1.82, 2.24) is 5.01 Å². The number of halogens is 6. The van der Waals surface area contributed by atoms with Gasteiger partial charge in [0.05, 0.1) is 11.3 Å². The van der Waals surface area contributed by atoms with Crippen LogP contribution < -0.4 is 10.7 Å². The van der Waals surface area contributed by atoms with Crippen LogP contribution in [-0.2, 0) is 4.79 Å². The molecule has 1 aliphatic heterocycles. The summed E-state index contributed by atoms with van der Waals surface area (Å²) >= 11 is 0.